The van der Waals surface area contributed by atoms with E-state index in [0.29, 0.717) is 18.7 Å². The Labute approximate surface area is 154 Å². The van der Waals surface area contributed by atoms with Crippen LogP contribution in [-0.4, -0.2) is 16.0 Å². The van der Waals surface area contributed by atoms with Crippen molar-refractivity contribution >= 4 is 16.8 Å². The van der Waals surface area contributed by atoms with Crippen LogP contribution < -0.4 is 5.32 Å². The number of carbonyl (C=O) groups is 1. The molecule has 4 aliphatic rings. The summed E-state index contributed by atoms with van der Waals surface area (Å²) in [5.74, 6) is 2.48. The first-order valence-electron chi connectivity index (χ1n) is 9.93. The molecule has 0 atom stereocenters. The molecule has 2 aromatic rings. The molecule has 4 saturated carbocycles. The van der Waals surface area contributed by atoms with Crippen LogP contribution in [0.4, 0.5) is 0 Å². The molecule has 4 bridgehead atoms. The summed E-state index contributed by atoms with van der Waals surface area (Å²) in [7, 11) is 0. The van der Waals surface area contributed by atoms with Gasteiger partial charge in [-0.1, -0.05) is 18.2 Å². The lowest BCUT2D eigenvalue weighted by Gasteiger charge is -2.56. The Morgan fingerprint density at radius 1 is 1.15 bits per heavy atom. The maximum Gasteiger partial charge on any atom is 0.268 e. The third kappa shape index (κ3) is 2.53. The molecule has 0 spiro atoms. The number of nitrogens with zero attached hydrogens (tertiary/aromatic N) is 2. The van der Waals surface area contributed by atoms with Crippen LogP contribution in [-0.2, 0) is 6.54 Å². The van der Waals surface area contributed by atoms with E-state index in [-0.39, 0.29) is 11.4 Å². The third-order valence-corrected chi connectivity index (χ3v) is 6.91. The summed E-state index contributed by atoms with van der Waals surface area (Å²) in [4.78, 5) is 13.3. The second-order valence-corrected chi connectivity index (χ2v) is 8.80. The second kappa shape index (κ2) is 5.87. The highest BCUT2D eigenvalue weighted by atomic mass is 16.2. The van der Waals surface area contributed by atoms with Crippen molar-refractivity contribution in [1.82, 2.24) is 9.88 Å². The minimum atomic E-state index is 0.0162. The lowest BCUT2D eigenvalue weighted by molar-refractivity contribution is -0.0168. The van der Waals surface area contributed by atoms with Crippen LogP contribution in [0.15, 0.2) is 30.3 Å². The largest absolute Gasteiger partial charge is 0.345 e. The fourth-order valence-corrected chi connectivity index (χ4v) is 6.37. The lowest BCUT2D eigenvalue weighted by Crippen LogP contribution is -2.60. The van der Waals surface area contributed by atoms with Crippen LogP contribution in [0.5, 0.6) is 0 Å². The Morgan fingerprint density at radius 3 is 2.46 bits per heavy atom. The molecule has 26 heavy (non-hydrogen) atoms. The van der Waals surface area contributed by atoms with E-state index in [4.69, 9.17) is 5.26 Å². The van der Waals surface area contributed by atoms with Crippen molar-refractivity contribution in [2.24, 2.45) is 17.8 Å². The first-order chi connectivity index (χ1) is 12.7. The molecule has 0 saturated heterocycles. The Morgan fingerprint density at radius 2 is 1.81 bits per heavy atom. The van der Waals surface area contributed by atoms with Crippen LogP contribution in [0.2, 0.25) is 0 Å². The molecular weight excluding hydrogens is 322 g/mol. The maximum atomic E-state index is 13.3. The number of carbonyl (C=O) groups excluding carboxylic acids is 1. The van der Waals surface area contributed by atoms with E-state index >= 15 is 0 Å². The van der Waals surface area contributed by atoms with Crippen LogP contribution in [0.25, 0.3) is 10.9 Å². The van der Waals surface area contributed by atoms with Gasteiger partial charge < -0.3 is 9.88 Å². The fourth-order valence-electron chi connectivity index (χ4n) is 6.37. The average Bonchev–Trinajstić information content (AvgIpc) is 2.97. The lowest BCUT2D eigenvalue weighted by atomic mass is 9.53. The van der Waals surface area contributed by atoms with Gasteiger partial charge in [0.1, 0.15) is 5.69 Å². The van der Waals surface area contributed by atoms with Crippen LogP contribution >= 0.6 is 0 Å². The van der Waals surface area contributed by atoms with E-state index in [2.05, 4.69) is 11.4 Å². The number of nitrogens with one attached hydrogen (secondary N) is 1. The quantitative estimate of drug-likeness (QED) is 0.899. The zero-order chi connectivity index (χ0) is 17.7. The van der Waals surface area contributed by atoms with Crippen molar-refractivity contribution in [2.45, 2.75) is 57.0 Å². The molecule has 1 heterocycles. The molecule has 4 nitrogen and oxygen atoms in total. The third-order valence-electron chi connectivity index (χ3n) is 6.91. The number of benzene rings is 1. The molecule has 0 unspecified atom stereocenters. The van der Waals surface area contributed by atoms with E-state index in [1.807, 2.05) is 34.9 Å². The summed E-state index contributed by atoms with van der Waals surface area (Å²) >= 11 is 0. The summed E-state index contributed by atoms with van der Waals surface area (Å²) in [5, 5.41) is 13.6. The summed E-state index contributed by atoms with van der Waals surface area (Å²) in [5.41, 5.74) is 1.76. The van der Waals surface area contributed by atoms with Crippen molar-refractivity contribution in [3.63, 3.8) is 0 Å². The first-order valence-corrected chi connectivity index (χ1v) is 9.93. The molecule has 4 heteroatoms. The number of hydrogen-bond acceptors (Lipinski definition) is 2. The SMILES string of the molecule is N#CCCn1c(C(=O)NC23CC4CC(CC(C4)C2)C3)cc2ccccc21. The normalized spacial score (nSPS) is 31.9. The van der Waals surface area contributed by atoms with Crippen molar-refractivity contribution in [3.05, 3.63) is 36.0 Å². The highest BCUT2D eigenvalue weighted by Gasteiger charge is 2.51. The van der Waals surface area contributed by atoms with Gasteiger partial charge >= 0.3 is 0 Å². The van der Waals surface area contributed by atoms with Gasteiger partial charge in [-0.05, 0) is 68.4 Å². The molecule has 0 radical (unpaired) electrons. The monoisotopic (exact) mass is 347 g/mol. The molecule has 0 aliphatic heterocycles. The molecule has 1 N–H and O–H groups in total. The molecule has 1 aromatic heterocycles. The van der Waals surface area contributed by atoms with E-state index < -0.39 is 0 Å². The minimum absolute atomic E-state index is 0.0162. The highest BCUT2D eigenvalue weighted by Crippen LogP contribution is 2.55. The van der Waals surface area contributed by atoms with Gasteiger partial charge in [0, 0.05) is 23.0 Å². The van der Waals surface area contributed by atoms with Crippen LogP contribution in [0.1, 0.15) is 55.4 Å². The van der Waals surface area contributed by atoms with Crippen molar-refractivity contribution in [1.29, 1.82) is 5.26 Å². The summed E-state index contributed by atoms with van der Waals surface area (Å²) in [6.45, 7) is 0.563. The zero-order valence-corrected chi connectivity index (χ0v) is 15.1. The standard InChI is InChI=1S/C22H25N3O/c23-6-3-7-25-19-5-2-1-4-18(19)11-20(25)21(26)24-22-12-15-8-16(13-22)10-17(9-15)14-22/h1-2,4-5,11,15-17H,3,7-10,12-14H2,(H,24,26). The summed E-state index contributed by atoms with van der Waals surface area (Å²) in [6, 6.07) is 12.3. The van der Waals surface area contributed by atoms with Gasteiger partial charge in [0.25, 0.3) is 5.91 Å². The Hall–Kier alpha value is -2.28. The Kier molecular flexibility index (Phi) is 3.60. The fraction of sp³-hybridized carbons (Fsp3) is 0.545. The number of rotatable bonds is 4. The van der Waals surface area contributed by atoms with Gasteiger partial charge in [0.2, 0.25) is 0 Å². The zero-order valence-electron chi connectivity index (χ0n) is 15.1. The number of amides is 1. The van der Waals surface area contributed by atoms with Gasteiger partial charge in [-0.2, -0.15) is 5.26 Å². The first kappa shape index (κ1) is 15.9. The molecule has 1 aromatic carbocycles. The number of nitriles is 1. The number of aryl methyl sites for hydroxylation is 1. The maximum absolute atomic E-state index is 13.3. The summed E-state index contributed by atoms with van der Waals surface area (Å²) < 4.78 is 2.02. The van der Waals surface area contributed by atoms with Gasteiger partial charge in [-0.3, -0.25) is 4.79 Å². The van der Waals surface area contributed by atoms with E-state index in [9.17, 15) is 4.79 Å². The number of aromatic nitrogens is 1. The van der Waals surface area contributed by atoms with E-state index in [0.717, 1.165) is 47.9 Å². The van der Waals surface area contributed by atoms with E-state index in [1.54, 1.807) is 0 Å². The van der Waals surface area contributed by atoms with Crippen molar-refractivity contribution in [2.75, 3.05) is 0 Å². The molecule has 4 fully saturated rings. The number of fused-ring (bicyclic) bond motifs is 1. The van der Waals surface area contributed by atoms with Crippen molar-refractivity contribution in [3.8, 4) is 6.07 Å². The Balaban J connectivity index is 1.46. The summed E-state index contributed by atoms with van der Waals surface area (Å²) in [6.07, 6.45) is 8.00. The van der Waals surface area contributed by atoms with E-state index in [1.165, 1.54) is 19.3 Å². The van der Waals surface area contributed by atoms with Gasteiger partial charge in [-0.15, -0.1) is 0 Å². The van der Waals surface area contributed by atoms with Gasteiger partial charge in [0.05, 0.1) is 12.5 Å². The molecular formula is C22H25N3O. The highest BCUT2D eigenvalue weighted by molar-refractivity contribution is 5.99. The molecule has 6 rings (SSSR count). The van der Waals surface area contributed by atoms with Crippen LogP contribution in [0, 0.1) is 29.1 Å². The predicted molar refractivity (Wildman–Crippen MR) is 101 cm³/mol. The Bertz CT molecular complexity index is 868. The molecule has 1 amide bonds. The van der Waals surface area contributed by atoms with Crippen LogP contribution in [0.3, 0.4) is 0 Å². The second-order valence-electron chi connectivity index (χ2n) is 8.80. The number of para-hydroxylation sites is 1. The van der Waals surface area contributed by atoms with Gasteiger partial charge in [-0.25, -0.2) is 0 Å². The average molecular weight is 347 g/mol. The van der Waals surface area contributed by atoms with Crippen molar-refractivity contribution < 1.29 is 4.79 Å². The minimum Gasteiger partial charge on any atom is -0.345 e. The topological polar surface area (TPSA) is 57.8 Å². The smallest absolute Gasteiger partial charge is 0.268 e. The number of hydrogen-bond donors (Lipinski definition) is 1. The molecule has 134 valence electrons. The molecule has 4 aliphatic carbocycles. The predicted octanol–water partition coefficient (Wildman–Crippen LogP) is 4.25. The van der Waals surface area contributed by atoms with Gasteiger partial charge in [0.15, 0.2) is 0 Å².